The van der Waals surface area contributed by atoms with Crippen LogP contribution in [-0.2, 0) is 10.2 Å². The summed E-state index contributed by atoms with van der Waals surface area (Å²) in [6.07, 6.45) is 9.32. The van der Waals surface area contributed by atoms with Crippen molar-refractivity contribution >= 4 is 23.1 Å². The molecule has 1 N–H and O–H groups in total. The van der Waals surface area contributed by atoms with Gasteiger partial charge in [-0.15, -0.1) is 0 Å². The van der Waals surface area contributed by atoms with Crippen molar-refractivity contribution < 1.29 is 9.53 Å². The van der Waals surface area contributed by atoms with E-state index >= 15 is 0 Å². The Morgan fingerprint density at radius 1 is 1.25 bits per heavy atom. The first-order valence-corrected chi connectivity index (χ1v) is 10.2. The van der Waals surface area contributed by atoms with Crippen LogP contribution in [0.3, 0.4) is 0 Å². The Morgan fingerprint density at radius 3 is 2.75 bits per heavy atom. The Morgan fingerprint density at radius 2 is 2.04 bits per heavy atom. The molecule has 3 aliphatic rings. The van der Waals surface area contributed by atoms with Crippen molar-refractivity contribution in [2.75, 3.05) is 16.8 Å². The van der Waals surface area contributed by atoms with E-state index in [1.165, 1.54) is 38.2 Å². The summed E-state index contributed by atoms with van der Waals surface area (Å²) in [6, 6.07) is 6.18. The van der Waals surface area contributed by atoms with Gasteiger partial charge in [-0.25, -0.2) is 9.97 Å². The molecule has 1 spiro atoms. The second-order valence-corrected chi connectivity index (χ2v) is 8.46. The molecule has 2 aromatic heterocycles. The Balaban J connectivity index is 1.50. The van der Waals surface area contributed by atoms with Gasteiger partial charge in [0.1, 0.15) is 11.9 Å². The summed E-state index contributed by atoms with van der Waals surface area (Å²) in [4.78, 5) is 22.9. The average Bonchev–Trinajstić information content (AvgIpc) is 3.10. The van der Waals surface area contributed by atoms with Gasteiger partial charge in [-0.05, 0) is 51.5 Å². The van der Waals surface area contributed by atoms with Crippen molar-refractivity contribution in [2.45, 2.75) is 63.9 Å². The van der Waals surface area contributed by atoms with Gasteiger partial charge in [0, 0.05) is 54.2 Å². The normalized spacial score (nSPS) is 19.7. The van der Waals surface area contributed by atoms with Gasteiger partial charge in [0.2, 0.25) is 11.8 Å². The van der Waals surface area contributed by atoms with Crippen molar-refractivity contribution in [2.24, 2.45) is 0 Å². The molecule has 0 aromatic carbocycles. The Kier molecular flexibility index (Phi) is 4.03. The maximum absolute atomic E-state index is 11.5. The quantitative estimate of drug-likeness (QED) is 0.861. The summed E-state index contributed by atoms with van der Waals surface area (Å²) in [5, 5.41) is 2.81. The lowest BCUT2D eigenvalue weighted by Crippen LogP contribution is -2.20. The lowest BCUT2D eigenvalue weighted by atomic mass is 10.0. The first-order chi connectivity index (χ1) is 13.5. The molecule has 2 fully saturated rings. The zero-order valence-corrected chi connectivity index (χ0v) is 16.5. The van der Waals surface area contributed by atoms with Gasteiger partial charge in [-0.1, -0.05) is 0 Å². The number of anilines is 3. The van der Waals surface area contributed by atoms with Crippen LogP contribution in [0.2, 0.25) is 0 Å². The van der Waals surface area contributed by atoms with Gasteiger partial charge in [0.25, 0.3) is 0 Å². The van der Waals surface area contributed by atoms with Gasteiger partial charge in [0.15, 0.2) is 0 Å². The number of pyridine rings is 2. The molecule has 0 radical (unpaired) electrons. The first-order valence-electron chi connectivity index (χ1n) is 10.2. The number of carbonyl (C=O) groups is 1. The van der Waals surface area contributed by atoms with Gasteiger partial charge in [0.05, 0.1) is 5.69 Å². The summed E-state index contributed by atoms with van der Waals surface area (Å²) in [7, 11) is 0. The van der Waals surface area contributed by atoms with Crippen molar-refractivity contribution in [1.29, 1.82) is 0 Å². The second-order valence-electron chi connectivity index (χ2n) is 8.46. The number of ether oxygens (including phenoxy) is 1. The standard InChI is InChI=1S/C22H26N4O2/c1-14-9-16(10-21(24-14)28-17-5-3-4-6-17)26-13-22(7-8-22)18-12-23-20(11-19(18)26)25-15(2)27/h9-12,17H,3-8,13H2,1-2H3,(H,23,25,27). The largest absolute Gasteiger partial charge is 0.474 e. The first kappa shape index (κ1) is 17.5. The van der Waals surface area contributed by atoms with E-state index in [-0.39, 0.29) is 11.3 Å². The Bertz CT molecular complexity index is 932. The van der Waals surface area contributed by atoms with E-state index in [9.17, 15) is 4.79 Å². The average molecular weight is 378 g/mol. The minimum absolute atomic E-state index is 0.106. The number of aromatic nitrogens is 2. The molecule has 28 heavy (non-hydrogen) atoms. The molecule has 5 rings (SSSR count). The number of rotatable bonds is 4. The van der Waals surface area contributed by atoms with Crippen LogP contribution in [0.15, 0.2) is 24.4 Å². The molecule has 0 saturated heterocycles. The molecule has 6 nitrogen and oxygen atoms in total. The van der Waals surface area contributed by atoms with Crippen molar-refractivity contribution in [3.8, 4) is 5.88 Å². The minimum atomic E-state index is -0.106. The predicted octanol–water partition coefficient (Wildman–Crippen LogP) is 4.25. The van der Waals surface area contributed by atoms with Crippen LogP contribution in [0.4, 0.5) is 17.2 Å². The maximum Gasteiger partial charge on any atom is 0.222 e. The molecule has 0 unspecified atom stereocenters. The van der Waals surface area contributed by atoms with Crippen LogP contribution in [0.5, 0.6) is 5.88 Å². The van der Waals surface area contributed by atoms with Gasteiger partial charge in [-0.3, -0.25) is 4.79 Å². The van der Waals surface area contributed by atoms with Crippen molar-refractivity contribution in [3.63, 3.8) is 0 Å². The highest BCUT2D eigenvalue weighted by molar-refractivity contribution is 5.89. The lowest BCUT2D eigenvalue weighted by Gasteiger charge is -2.22. The Hall–Kier alpha value is -2.63. The van der Waals surface area contributed by atoms with E-state index in [0.29, 0.717) is 11.9 Å². The summed E-state index contributed by atoms with van der Waals surface area (Å²) >= 11 is 0. The molecule has 146 valence electrons. The van der Waals surface area contributed by atoms with Crippen LogP contribution in [0, 0.1) is 6.92 Å². The fraction of sp³-hybridized carbons (Fsp3) is 0.500. The topological polar surface area (TPSA) is 67.4 Å². The number of amides is 1. The SMILES string of the molecule is CC(=O)Nc1cc2c(cn1)C1(CC1)CN2c1cc(C)nc(OC2CCCC2)c1. The third-order valence-corrected chi connectivity index (χ3v) is 6.18. The molecular formula is C22H26N4O2. The number of fused-ring (bicyclic) bond motifs is 2. The second kappa shape index (κ2) is 6.47. The predicted molar refractivity (Wildman–Crippen MR) is 108 cm³/mol. The van der Waals surface area contributed by atoms with Crippen LogP contribution in [0.1, 0.15) is 56.7 Å². The summed E-state index contributed by atoms with van der Waals surface area (Å²) < 4.78 is 6.18. The highest BCUT2D eigenvalue weighted by Crippen LogP contribution is 2.58. The number of aryl methyl sites for hydroxylation is 1. The lowest BCUT2D eigenvalue weighted by molar-refractivity contribution is -0.114. The number of hydrogen-bond donors (Lipinski definition) is 1. The van der Waals surface area contributed by atoms with Crippen LogP contribution < -0.4 is 15.0 Å². The zero-order chi connectivity index (χ0) is 19.3. The molecule has 1 aliphatic heterocycles. The number of hydrogen-bond acceptors (Lipinski definition) is 5. The molecule has 6 heteroatoms. The summed E-state index contributed by atoms with van der Waals surface area (Å²) in [5.74, 6) is 1.21. The molecule has 3 heterocycles. The minimum Gasteiger partial charge on any atom is -0.474 e. The smallest absolute Gasteiger partial charge is 0.222 e. The molecule has 1 amide bonds. The van der Waals surface area contributed by atoms with Crippen LogP contribution in [-0.4, -0.2) is 28.5 Å². The molecule has 0 atom stereocenters. The van der Waals surface area contributed by atoms with E-state index in [1.807, 2.05) is 19.2 Å². The third kappa shape index (κ3) is 3.11. The Labute approximate surface area is 165 Å². The molecule has 2 saturated carbocycles. The van der Waals surface area contributed by atoms with E-state index in [1.54, 1.807) is 0 Å². The number of nitrogens with zero attached hydrogens (tertiary/aromatic N) is 3. The molecule has 2 aliphatic carbocycles. The van der Waals surface area contributed by atoms with Gasteiger partial charge in [-0.2, -0.15) is 0 Å². The zero-order valence-electron chi connectivity index (χ0n) is 16.5. The maximum atomic E-state index is 11.5. The fourth-order valence-corrected chi connectivity index (χ4v) is 4.62. The van der Waals surface area contributed by atoms with E-state index in [0.717, 1.165) is 42.3 Å². The molecular weight excluding hydrogens is 352 g/mol. The highest BCUT2D eigenvalue weighted by atomic mass is 16.5. The van der Waals surface area contributed by atoms with E-state index < -0.39 is 0 Å². The summed E-state index contributed by atoms with van der Waals surface area (Å²) in [5.41, 5.74) is 4.69. The van der Waals surface area contributed by atoms with Crippen molar-refractivity contribution in [3.05, 3.63) is 35.7 Å². The number of nitrogens with one attached hydrogen (secondary N) is 1. The monoisotopic (exact) mass is 378 g/mol. The fourth-order valence-electron chi connectivity index (χ4n) is 4.62. The van der Waals surface area contributed by atoms with Crippen molar-refractivity contribution in [1.82, 2.24) is 9.97 Å². The highest BCUT2D eigenvalue weighted by Gasteiger charge is 2.52. The third-order valence-electron chi connectivity index (χ3n) is 6.18. The van der Waals surface area contributed by atoms with Crippen LogP contribution in [0.25, 0.3) is 0 Å². The van der Waals surface area contributed by atoms with Crippen LogP contribution >= 0.6 is 0 Å². The van der Waals surface area contributed by atoms with E-state index in [4.69, 9.17) is 4.74 Å². The van der Waals surface area contributed by atoms with E-state index in [2.05, 4.69) is 32.3 Å². The van der Waals surface area contributed by atoms with Gasteiger partial charge < -0.3 is 15.0 Å². The number of carbonyl (C=O) groups excluding carboxylic acids is 1. The molecule has 0 bridgehead atoms. The summed E-state index contributed by atoms with van der Waals surface area (Å²) in [6.45, 7) is 4.47. The van der Waals surface area contributed by atoms with Gasteiger partial charge >= 0.3 is 0 Å². The molecule has 2 aromatic rings.